The maximum Gasteiger partial charge on any atom is 0.414 e. The highest BCUT2D eigenvalue weighted by molar-refractivity contribution is 5.69. The van der Waals surface area contributed by atoms with E-state index in [9.17, 15) is 18.0 Å². The molecule has 94 valence electrons. The van der Waals surface area contributed by atoms with Crippen molar-refractivity contribution < 1.29 is 27.4 Å². The van der Waals surface area contributed by atoms with Gasteiger partial charge in [0.1, 0.15) is 0 Å². The molecule has 0 aliphatic heterocycles. The Bertz CT molecular complexity index is 226. The molecule has 1 atom stereocenters. The third-order valence-electron chi connectivity index (χ3n) is 1.68. The Kier molecular flexibility index (Phi) is 6.80. The van der Waals surface area contributed by atoms with Crippen molar-refractivity contribution in [3.05, 3.63) is 12.7 Å². The molecular weight excluding hydrogens is 225 g/mol. The van der Waals surface area contributed by atoms with Crippen molar-refractivity contribution >= 4 is 5.97 Å². The van der Waals surface area contributed by atoms with Crippen LogP contribution in [0.1, 0.15) is 19.8 Å². The monoisotopic (exact) mass is 240 g/mol. The lowest BCUT2D eigenvalue weighted by Crippen LogP contribution is -2.32. The molecular formula is C10H15F3O3. The smallest absolute Gasteiger partial charge is 0.414 e. The highest BCUT2D eigenvalue weighted by Crippen LogP contribution is 2.25. The maximum atomic E-state index is 12.3. The summed E-state index contributed by atoms with van der Waals surface area (Å²) in [7, 11) is 0. The predicted molar refractivity (Wildman–Crippen MR) is 51.9 cm³/mol. The summed E-state index contributed by atoms with van der Waals surface area (Å²) in [4.78, 5) is 10.8. The zero-order valence-electron chi connectivity index (χ0n) is 9.05. The Morgan fingerprint density at radius 2 is 2.12 bits per heavy atom. The van der Waals surface area contributed by atoms with Crippen LogP contribution >= 0.6 is 0 Å². The third kappa shape index (κ3) is 6.44. The minimum Gasteiger partial charge on any atom is -0.466 e. The molecule has 0 spiro atoms. The van der Waals surface area contributed by atoms with Gasteiger partial charge in [-0.1, -0.05) is 6.08 Å². The molecule has 16 heavy (non-hydrogen) atoms. The van der Waals surface area contributed by atoms with E-state index in [1.165, 1.54) is 0 Å². The molecule has 0 aliphatic rings. The van der Waals surface area contributed by atoms with E-state index < -0.39 is 18.2 Å². The molecule has 0 saturated carbocycles. The second kappa shape index (κ2) is 7.27. The van der Waals surface area contributed by atoms with Crippen molar-refractivity contribution in [1.29, 1.82) is 0 Å². The van der Waals surface area contributed by atoms with Crippen LogP contribution in [0.4, 0.5) is 13.2 Å². The van der Waals surface area contributed by atoms with E-state index in [-0.39, 0.29) is 26.1 Å². The molecule has 0 aromatic carbocycles. The fourth-order valence-corrected chi connectivity index (χ4v) is 0.965. The summed E-state index contributed by atoms with van der Waals surface area (Å²) in [6, 6.07) is 0. The number of halogens is 3. The number of carbonyl (C=O) groups excluding carboxylic acids is 1. The van der Waals surface area contributed by atoms with Gasteiger partial charge in [-0.25, -0.2) is 0 Å². The van der Waals surface area contributed by atoms with Crippen molar-refractivity contribution in [1.82, 2.24) is 0 Å². The molecule has 3 nitrogen and oxygen atoms in total. The average molecular weight is 240 g/mol. The van der Waals surface area contributed by atoms with Gasteiger partial charge in [-0.05, 0) is 6.92 Å². The first kappa shape index (κ1) is 15.0. The number of esters is 1. The van der Waals surface area contributed by atoms with Crippen LogP contribution in [0, 0.1) is 0 Å². The summed E-state index contributed by atoms with van der Waals surface area (Å²) in [6.07, 6.45) is -5.73. The first-order chi connectivity index (χ1) is 7.41. The molecule has 0 aromatic rings. The zero-order valence-corrected chi connectivity index (χ0v) is 9.05. The van der Waals surface area contributed by atoms with Gasteiger partial charge in [0.15, 0.2) is 6.10 Å². The number of hydrogen-bond acceptors (Lipinski definition) is 3. The lowest BCUT2D eigenvalue weighted by Gasteiger charge is -2.19. The largest absolute Gasteiger partial charge is 0.466 e. The highest BCUT2D eigenvalue weighted by Gasteiger charge is 2.39. The van der Waals surface area contributed by atoms with E-state index in [0.29, 0.717) is 0 Å². The molecule has 0 aromatic heterocycles. The van der Waals surface area contributed by atoms with Crippen LogP contribution in [0.15, 0.2) is 12.7 Å². The SMILES string of the molecule is C=CCC(OCCC(=O)OCC)C(F)(F)F. The topological polar surface area (TPSA) is 35.5 Å². The highest BCUT2D eigenvalue weighted by atomic mass is 19.4. The van der Waals surface area contributed by atoms with E-state index in [0.717, 1.165) is 6.08 Å². The molecule has 0 aliphatic carbocycles. The summed E-state index contributed by atoms with van der Waals surface area (Å²) in [5.74, 6) is -0.568. The molecule has 1 unspecified atom stereocenters. The molecule has 0 amide bonds. The van der Waals surface area contributed by atoms with Gasteiger partial charge in [0.05, 0.1) is 19.6 Å². The third-order valence-corrected chi connectivity index (χ3v) is 1.68. The molecule has 0 N–H and O–H groups in total. The van der Waals surface area contributed by atoms with Crippen LogP contribution in [0.25, 0.3) is 0 Å². The fourth-order valence-electron chi connectivity index (χ4n) is 0.965. The van der Waals surface area contributed by atoms with E-state index in [4.69, 9.17) is 0 Å². The first-order valence-corrected chi connectivity index (χ1v) is 4.86. The van der Waals surface area contributed by atoms with E-state index >= 15 is 0 Å². The lowest BCUT2D eigenvalue weighted by atomic mass is 10.2. The molecule has 0 saturated heterocycles. The van der Waals surface area contributed by atoms with E-state index in [2.05, 4.69) is 16.1 Å². The second-order valence-corrected chi connectivity index (χ2v) is 2.98. The Labute approximate surface area is 92.2 Å². The van der Waals surface area contributed by atoms with Crippen molar-refractivity contribution in [2.75, 3.05) is 13.2 Å². The average Bonchev–Trinajstić information content (AvgIpc) is 2.15. The minimum atomic E-state index is -4.44. The lowest BCUT2D eigenvalue weighted by molar-refractivity contribution is -0.219. The fraction of sp³-hybridized carbons (Fsp3) is 0.700. The molecule has 6 heteroatoms. The van der Waals surface area contributed by atoms with Gasteiger partial charge in [0.2, 0.25) is 0 Å². The zero-order chi connectivity index (χ0) is 12.6. The van der Waals surface area contributed by atoms with E-state index in [1.54, 1.807) is 6.92 Å². The van der Waals surface area contributed by atoms with E-state index in [1.807, 2.05) is 0 Å². The predicted octanol–water partition coefficient (Wildman–Crippen LogP) is 2.46. The van der Waals surface area contributed by atoms with Crippen molar-refractivity contribution in [2.24, 2.45) is 0 Å². The van der Waals surface area contributed by atoms with Crippen molar-refractivity contribution in [3.63, 3.8) is 0 Å². The van der Waals surface area contributed by atoms with Crippen molar-refractivity contribution in [3.8, 4) is 0 Å². The molecule has 0 heterocycles. The molecule has 0 radical (unpaired) electrons. The summed E-state index contributed by atoms with van der Waals surface area (Å²) >= 11 is 0. The van der Waals surface area contributed by atoms with Gasteiger partial charge in [-0.2, -0.15) is 13.2 Å². The number of rotatable bonds is 7. The summed E-state index contributed by atoms with van der Waals surface area (Å²) in [5, 5.41) is 0. The summed E-state index contributed by atoms with van der Waals surface area (Å²) < 4.78 is 46.0. The summed E-state index contributed by atoms with van der Waals surface area (Å²) in [5.41, 5.74) is 0. The van der Waals surface area contributed by atoms with Crippen LogP contribution in [-0.2, 0) is 14.3 Å². The number of hydrogen-bond donors (Lipinski definition) is 0. The maximum absolute atomic E-state index is 12.3. The normalized spacial score (nSPS) is 13.2. The van der Waals surface area contributed by atoms with Crippen LogP contribution in [0.3, 0.4) is 0 Å². The Morgan fingerprint density at radius 3 is 2.56 bits per heavy atom. The first-order valence-electron chi connectivity index (χ1n) is 4.86. The number of alkyl halides is 3. The molecule has 0 fully saturated rings. The summed E-state index contributed by atoms with van der Waals surface area (Å²) in [6.45, 7) is 4.73. The van der Waals surface area contributed by atoms with Crippen LogP contribution in [-0.4, -0.2) is 31.5 Å². The Balaban J connectivity index is 3.94. The van der Waals surface area contributed by atoms with Gasteiger partial charge in [-0.15, -0.1) is 6.58 Å². The van der Waals surface area contributed by atoms with Crippen LogP contribution in [0.5, 0.6) is 0 Å². The van der Waals surface area contributed by atoms with Gasteiger partial charge >= 0.3 is 12.1 Å². The molecule has 0 rings (SSSR count). The minimum absolute atomic E-state index is 0.183. The number of carbonyl (C=O) groups is 1. The van der Waals surface area contributed by atoms with Crippen LogP contribution in [0.2, 0.25) is 0 Å². The Hall–Kier alpha value is -1.04. The van der Waals surface area contributed by atoms with Gasteiger partial charge in [0.25, 0.3) is 0 Å². The molecule has 0 bridgehead atoms. The van der Waals surface area contributed by atoms with Gasteiger partial charge in [-0.3, -0.25) is 4.79 Å². The van der Waals surface area contributed by atoms with Crippen LogP contribution < -0.4 is 0 Å². The Morgan fingerprint density at radius 1 is 1.50 bits per heavy atom. The van der Waals surface area contributed by atoms with Gasteiger partial charge in [0, 0.05) is 6.42 Å². The quantitative estimate of drug-likeness (QED) is 0.506. The number of ether oxygens (including phenoxy) is 2. The second-order valence-electron chi connectivity index (χ2n) is 2.98. The standard InChI is InChI=1S/C10H15F3O3/c1-3-5-8(10(11,12)13)16-7-6-9(14)15-4-2/h3,8H,1,4-7H2,2H3. The van der Waals surface area contributed by atoms with Crippen molar-refractivity contribution in [2.45, 2.75) is 32.0 Å². The van der Waals surface area contributed by atoms with Gasteiger partial charge < -0.3 is 9.47 Å².